The minimum Gasteiger partial charge on any atom is -0.390 e. The van der Waals surface area contributed by atoms with Crippen LogP contribution >= 0.6 is 0 Å². The molecule has 8 rings (SSSR count). The topological polar surface area (TPSA) is 115 Å². The molecule has 0 aromatic carbocycles. The molecule has 0 radical (unpaired) electrons. The summed E-state index contributed by atoms with van der Waals surface area (Å²) in [5.41, 5.74) is -1.17. The first kappa shape index (κ1) is 33.4. The second-order valence-electron chi connectivity index (χ2n) is 19.1. The fraction of sp³-hybridized carbons (Fsp3) is 0.900. The van der Waals surface area contributed by atoms with Gasteiger partial charge in [0.15, 0.2) is 11.6 Å². The molecular weight excluding hydrogens is 576 g/mol. The standard InChI is InChI=1S/C20H32O4.C20H30O2/c1-18-8-6-14-12(13(18)7-9-19(18,2)24)5-4-11-10-15(21)16(22)17(23)20(11,14)3;1-18-9-6-14(21)12-13(18)4-5-15-16(18)7-10-19(2)17(15)8-11-20(19,3)22/h11-14,16-17,22-24H,4-10H2,1-3H3;6,9,13,15-17,22H,4-5,7-8,10-12H2,1-3H3/t11-,12?,13?,14?,16-,17-,18-,19-,20-;13-,15?,16?,17?,18-,19-,20-/m00/s1. The highest BCUT2D eigenvalue weighted by Crippen LogP contribution is 2.69. The zero-order valence-electron chi connectivity index (χ0n) is 29.4. The third kappa shape index (κ3) is 4.40. The van der Waals surface area contributed by atoms with Crippen LogP contribution in [0.25, 0.3) is 0 Å². The minimum atomic E-state index is -1.22. The molecule has 6 nitrogen and oxygen atoms in total. The van der Waals surface area contributed by atoms with Crippen molar-refractivity contribution < 1.29 is 30.0 Å². The first-order chi connectivity index (χ1) is 21.4. The fourth-order valence-electron chi connectivity index (χ4n) is 14.3. The third-order valence-electron chi connectivity index (χ3n) is 17.8. The Morgan fingerprint density at radius 3 is 1.70 bits per heavy atom. The number of hydrogen-bond donors (Lipinski definition) is 4. The first-order valence-electron chi connectivity index (χ1n) is 19.0. The van der Waals surface area contributed by atoms with Crippen LogP contribution in [0, 0.1) is 69.0 Å². The third-order valence-corrected chi connectivity index (χ3v) is 17.8. The molecule has 0 aromatic heterocycles. The van der Waals surface area contributed by atoms with Crippen molar-refractivity contribution >= 4 is 11.6 Å². The zero-order chi connectivity index (χ0) is 33.2. The Bertz CT molecular complexity index is 1280. The monoisotopic (exact) mass is 638 g/mol. The van der Waals surface area contributed by atoms with Crippen LogP contribution < -0.4 is 0 Å². The van der Waals surface area contributed by atoms with Crippen LogP contribution in [-0.2, 0) is 9.59 Å². The number of Topliss-reactive ketones (excluding diaryl/α,β-unsaturated/α-hetero) is 1. The molecule has 16 atom stereocenters. The van der Waals surface area contributed by atoms with Crippen LogP contribution in [0.15, 0.2) is 12.2 Å². The van der Waals surface area contributed by atoms with E-state index in [9.17, 15) is 30.0 Å². The zero-order valence-corrected chi connectivity index (χ0v) is 29.4. The van der Waals surface area contributed by atoms with Gasteiger partial charge in [0.1, 0.15) is 6.10 Å². The molecular formula is C40H62O6. The summed E-state index contributed by atoms with van der Waals surface area (Å²) in [6.45, 7) is 13.2. The number of ketones is 2. The van der Waals surface area contributed by atoms with Crippen molar-refractivity contribution in [2.24, 2.45) is 69.0 Å². The molecule has 0 bridgehead atoms. The lowest BCUT2D eigenvalue weighted by Gasteiger charge is -2.62. The van der Waals surface area contributed by atoms with Crippen molar-refractivity contribution in [3.63, 3.8) is 0 Å². The van der Waals surface area contributed by atoms with Gasteiger partial charge in [0.25, 0.3) is 0 Å². The van der Waals surface area contributed by atoms with Crippen molar-refractivity contribution in [1.82, 2.24) is 0 Å². The molecule has 7 fully saturated rings. The molecule has 0 aromatic rings. The number of carbonyl (C=O) groups excluding carboxylic acids is 2. The molecule has 46 heavy (non-hydrogen) atoms. The van der Waals surface area contributed by atoms with Crippen molar-refractivity contribution in [3.8, 4) is 0 Å². The smallest absolute Gasteiger partial charge is 0.164 e. The van der Waals surface area contributed by atoms with Crippen LogP contribution in [0.2, 0.25) is 0 Å². The number of aliphatic hydroxyl groups is 4. The van der Waals surface area contributed by atoms with E-state index in [0.29, 0.717) is 47.7 Å². The Balaban J connectivity index is 0.000000147. The number of fused-ring (bicyclic) bond motifs is 10. The van der Waals surface area contributed by atoms with Gasteiger partial charge >= 0.3 is 0 Å². The van der Waals surface area contributed by atoms with Crippen LogP contribution in [0.4, 0.5) is 0 Å². The highest BCUT2D eigenvalue weighted by molar-refractivity contribution is 5.91. The highest BCUT2D eigenvalue weighted by Gasteiger charge is 2.66. The average Bonchev–Trinajstić information content (AvgIpc) is 3.40. The van der Waals surface area contributed by atoms with Gasteiger partial charge in [-0.2, -0.15) is 0 Å². The number of aliphatic hydroxyl groups excluding tert-OH is 2. The maximum Gasteiger partial charge on any atom is 0.164 e. The summed E-state index contributed by atoms with van der Waals surface area (Å²) in [5, 5.41) is 42.9. The maximum atomic E-state index is 12.0. The first-order valence-corrected chi connectivity index (χ1v) is 19.0. The molecule has 6 heteroatoms. The lowest BCUT2D eigenvalue weighted by Crippen LogP contribution is -2.63. The van der Waals surface area contributed by atoms with Gasteiger partial charge in [0.2, 0.25) is 0 Å². The van der Waals surface area contributed by atoms with Gasteiger partial charge in [-0.15, -0.1) is 0 Å². The molecule has 8 aliphatic rings. The van der Waals surface area contributed by atoms with E-state index >= 15 is 0 Å². The summed E-state index contributed by atoms with van der Waals surface area (Å²) in [5.74, 6) is 4.34. The van der Waals surface area contributed by atoms with Gasteiger partial charge in [-0.05, 0) is 161 Å². The number of hydrogen-bond acceptors (Lipinski definition) is 6. The summed E-state index contributed by atoms with van der Waals surface area (Å²) in [7, 11) is 0. The molecule has 258 valence electrons. The summed E-state index contributed by atoms with van der Waals surface area (Å²) < 4.78 is 0. The average molecular weight is 639 g/mol. The van der Waals surface area contributed by atoms with Crippen LogP contribution in [0.3, 0.4) is 0 Å². The van der Waals surface area contributed by atoms with Crippen molar-refractivity contribution in [1.29, 1.82) is 0 Å². The highest BCUT2D eigenvalue weighted by atomic mass is 16.3. The van der Waals surface area contributed by atoms with E-state index in [2.05, 4.69) is 40.7 Å². The van der Waals surface area contributed by atoms with E-state index in [1.54, 1.807) is 0 Å². The van der Waals surface area contributed by atoms with E-state index in [1.165, 1.54) is 25.7 Å². The van der Waals surface area contributed by atoms with Crippen molar-refractivity contribution in [2.75, 3.05) is 0 Å². The van der Waals surface area contributed by atoms with Gasteiger partial charge in [0.05, 0.1) is 17.3 Å². The molecule has 4 N–H and O–H groups in total. The Labute approximate surface area is 277 Å². The van der Waals surface area contributed by atoms with Crippen LogP contribution in [-0.4, -0.2) is 55.4 Å². The van der Waals surface area contributed by atoms with E-state index in [-0.39, 0.29) is 33.4 Å². The Morgan fingerprint density at radius 1 is 0.609 bits per heavy atom. The van der Waals surface area contributed by atoms with Crippen LogP contribution in [0.5, 0.6) is 0 Å². The van der Waals surface area contributed by atoms with E-state index < -0.39 is 23.4 Å². The van der Waals surface area contributed by atoms with Gasteiger partial charge in [0, 0.05) is 18.3 Å². The normalized spacial score (nSPS) is 58.8. The summed E-state index contributed by atoms with van der Waals surface area (Å²) in [4.78, 5) is 23.9. The molecule has 0 heterocycles. The van der Waals surface area contributed by atoms with Crippen LogP contribution in [0.1, 0.15) is 131 Å². The van der Waals surface area contributed by atoms with Crippen molar-refractivity contribution in [3.05, 3.63) is 12.2 Å². The van der Waals surface area contributed by atoms with Gasteiger partial charge in [-0.3, -0.25) is 9.59 Å². The number of allylic oxidation sites excluding steroid dienone is 2. The summed E-state index contributed by atoms with van der Waals surface area (Å²) >= 11 is 0. The van der Waals surface area contributed by atoms with Gasteiger partial charge < -0.3 is 20.4 Å². The molecule has 0 amide bonds. The Hall–Kier alpha value is -1.08. The molecule has 0 aliphatic heterocycles. The predicted molar refractivity (Wildman–Crippen MR) is 177 cm³/mol. The number of rotatable bonds is 0. The SMILES string of the molecule is C[C@@]12C3CC[C@@]4(C)C(CC[C@]4(C)O)C3CC[C@H]1CC(=O)[C@H](O)[C@@H]2O.C[C@]1(O)CCC2C3CC[C@H]4CC(=O)C=C[C@]4(C)C3CC[C@@]21C. The van der Waals surface area contributed by atoms with E-state index in [1.807, 2.05) is 13.0 Å². The largest absolute Gasteiger partial charge is 0.390 e. The van der Waals surface area contributed by atoms with Gasteiger partial charge in [-0.1, -0.05) is 33.8 Å². The predicted octanol–water partition coefficient (Wildman–Crippen LogP) is 6.42. The minimum absolute atomic E-state index is 0.0363. The Kier molecular flexibility index (Phi) is 7.78. The quantitative estimate of drug-likeness (QED) is 0.244. The molecule has 0 spiro atoms. The molecule has 6 unspecified atom stereocenters. The van der Waals surface area contributed by atoms with Gasteiger partial charge in [-0.25, -0.2) is 0 Å². The Morgan fingerprint density at radius 2 is 1.11 bits per heavy atom. The lowest BCUT2D eigenvalue weighted by atomic mass is 9.43. The summed E-state index contributed by atoms with van der Waals surface area (Å²) in [6, 6.07) is 0. The van der Waals surface area contributed by atoms with Crippen molar-refractivity contribution in [2.45, 2.75) is 155 Å². The maximum absolute atomic E-state index is 12.0. The molecule has 7 saturated carbocycles. The second kappa shape index (κ2) is 10.7. The fourth-order valence-corrected chi connectivity index (χ4v) is 14.3. The molecule has 8 aliphatic carbocycles. The van der Waals surface area contributed by atoms with E-state index in [0.717, 1.165) is 63.7 Å². The lowest BCUT2D eigenvalue weighted by molar-refractivity contribution is -0.203. The number of carbonyl (C=O) groups is 2. The van der Waals surface area contributed by atoms with E-state index in [4.69, 9.17) is 0 Å². The second-order valence-corrected chi connectivity index (χ2v) is 19.1. The summed E-state index contributed by atoms with van der Waals surface area (Å²) in [6.07, 6.45) is 16.1. The molecule has 0 saturated heterocycles.